The predicted molar refractivity (Wildman–Crippen MR) is 85.2 cm³/mol. The molecule has 1 unspecified atom stereocenters. The van der Waals surface area contributed by atoms with Crippen LogP contribution in [0.3, 0.4) is 0 Å². The van der Waals surface area contributed by atoms with Crippen molar-refractivity contribution in [2.24, 2.45) is 5.92 Å². The molecule has 1 aliphatic carbocycles. The second-order valence-electron chi connectivity index (χ2n) is 5.56. The molecule has 0 aliphatic heterocycles. The monoisotopic (exact) mass is 296 g/mol. The van der Waals surface area contributed by atoms with Gasteiger partial charge in [-0.1, -0.05) is 20.3 Å². The van der Waals surface area contributed by atoms with Crippen LogP contribution in [-0.2, 0) is 17.7 Å². The molecule has 1 heterocycles. The van der Waals surface area contributed by atoms with Gasteiger partial charge in [-0.2, -0.15) is 0 Å². The van der Waals surface area contributed by atoms with Crippen LogP contribution in [0.5, 0.6) is 0 Å². The van der Waals surface area contributed by atoms with E-state index in [4.69, 9.17) is 9.72 Å². The lowest BCUT2D eigenvalue weighted by molar-refractivity contribution is 0.0461. The average Bonchev–Trinajstić information content (AvgIpc) is 3.20. The fraction of sp³-hybridized carbons (Fsp3) is 0.812. The SMILES string of the molecule is CCCNCc1sc(C(OCC)C2CC2)nc1CCC. The fourth-order valence-corrected chi connectivity index (χ4v) is 3.69. The third-order valence-corrected chi connectivity index (χ3v) is 4.79. The standard InChI is InChI=1S/C16H28N2OS/c1-4-7-13-14(11-17-10-5-2)20-16(18-13)15(19-6-3)12-8-9-12/h12,15,17H,4-11H2,1-3H3. The maximum atomic E-state index is 5.95. The zero-order chi connectivity index (χ0) is 14.4. The minimum absolute atomic E-state index is 0.250. The average molecular weight is 296 g/mol. The van der Waals surface area contributed by atoms with Gasteiger partial charge in [0, 0.05) is 18.0 Å². The van der Waals surface area contributed by atoms with E-state index in [1.54, 1.807) is 0 Å². The molecular formula is C16H28N2OS. The predicted octanol–water partition coefficient (Wildman–Crippen LogP) is 4.08. The van der Waals surface area contributed by atoms with Crippen molar-refractivity contribution < 1.29 is 4.74 Å². The number of aromatic nitrogens is 1. The number of nitrogens with one attached hydrogen (secondary N) is 1. The van der Waals surface area contributed by atoms with Crippen LogP contribution in [0.4, 0.5) is 0 Å². The van der Waals surface area contributed by atoms with Crippen molar-refractivity contribution in [3.05, 3.63) is 15.6 Å². The Labute approximate surface area is 127 Å². The maximum Gasteiger partial charge on any atom is 0.122 e. The number of thiazole rings is 1. The van der Waals surface area contributed by atoms with Crippen LogP contribution in [0.2, 0.25) is 0 Å². The molecule has 0 spiro atoms. The molecule has 0 saturated heterocycles. The van der Waals surface area contributed by atoms with Crippen LogP contribution < -0.4 is 5.32 Å². The van der Waals surface area contributed by atoms with Crippen LogP contribution in [0.15, 0.2) is 0 Å². The summed E-state index contributed by atoms with van der Waals surface area (Å²) in [7, 11) is 0. The summed E-state index contributed by atoms with van der Waals surface area (Å²) >= 11 is 1.87. The zero-order valence-corrected chi connectivity index (χ0v) is 13.9. The van der Waals surface area contributed by atoms with Crippen molar-refractivity contribution in [3.63, 3.8) is 0 Å². The molecule has 1 aromatic heterocycles. The number of aryl methyl sites for hydroxylation is 1. The first kappa shape index (κ1) is 15.9. The van der Waals surface area contributed by atoms with E-state index in [-0.39, 0.29) is 6.10 Å². The number of nitrogens with zero attached hydrogens (tertiary/aromatic N) is 1. The first-order valence-corrected chi connectivity index (χ1v) is 8.92. The Kier molecular flexibility index (Phi) is 6.46. The molecule has 1 fully saturated rings. The smallest absolute Gasteiger partial charge is 0.122 e. The molecule has 1 aliphatic rings. The Morgan fingerprint density at radius 2 is 2.10 bits per heavy atom. The lowest BCUT2D eigenvalue weighted by atomic mass is 10.2. The van der Waals surface area contributed by atoms with Gasteiger partial charge in [-0.05, 0) is 45.1 Å². The summed E-state index contributed by atoms with van der Waals surface area (Å²) in [6, 6.07) is 0. The number of hydrogen-bond acceptors (Lipinski definition) is 4. The van der Waals surface area contributed by atoms with Gasteiger partial charge >= 0.3 is 0 Å². The number of ether oxygens (including phenoxy) is 1. The summed E-state index contributed by atoms with van der Waals surface area (Å²) < 4.78 is 5.95. The Morgan fingerprint density at radius 3 is 2.70 bits per heavy atom. The molecule has 1 N–H and O–H groups in total. The highest BCUT2D eigenvalue weighted by molar-refractivity contribution is 7.11. The highest BCUT2D eigenvalue weighted by Crippen LogP contribution is 2.44. The van der Waals surface area contributed by atoms with Crippen LogP contribution in [0.25, 0.3) is 0 Å². The molecule has 0 bridgehead atoms. The van der Waals surface area contributed by atoms with Crippen LogP contribution in [0.1, 0.15) is 68.1 Å². The van der Waals surface area contributed by atoms with E-state index in [0.717, 1.165) is 32.5 Å². The first-order chi connectivity index (χ1) is 9.80. The summed E-state index contributed by atoms with van der Waals surface area (Å²) in [5.74, 6) is 0.715. The van der Waals surface area contributed by atoms with Crippen molar-refractivity contribution in [3.8, 4) is 0 Å². The first-order valence-electron chi connectivity index (χ1n) is 8.10. The Morgan fingerprint density at radius 1 is 1.30 bits per heavy atom. The highest BCUT2D eigenvalue weighted by Gasteiger charge is 2.35. The lowest BCUT2D eigenvalue weighted by Gasteiger charge is -2.12. The minimum atomic E-state index is 0.250. The molecule has 20 heavy (non-hydrogen) atoms. The van der Waals surface area contributed by atoms with Gasteiger partial charge in [0.05, 0.1) is 5.69 Å². The van der Waals surface area contributed by atoms with E-state index in [1.165, 1.54) is 34.8 Å². The van der Waals surface area contributed by atoms with Crippen molar-refractivity contribution in [2.45, 2.75) is 65.5 Å². The summed E-state index contributed by atoms with van der Waals surface area (Å²) in [5, 5.41) is 4.72. The van der Waals surface area contributed by atoms with E-state index in [1.807, 2.05) is 11.3 Å². The molecule has 2 rings (SSSR count). The highest BCUT2D eigenvalue weighted by atomic mass is 32.1. The van der Waals surface area contributed by atoms with Gasteiger partial charge in [0.1, 0.15) is 11.1 Å². The van der Waals surface area contributed by atoms with E-state index in [9.17, 15) is 0 Å². The molecular weight excluding hydrogens is 268 g/mol. The third-order valence-electron chi connectivity index (χ3n) is 3.63. The summed E-state index contributed by atoms with van der Waals surface area (Å²) in [6.07, 6.45) is 6.28. The second-order valence-corrected chi connectivity index (χ2v) is 6.68. The maximum absolute atomic E-state index is 5.95. The molecule has 0 aromatic carbocycles. The van der Waals surface area contributed by atoms with Gasteiger partial charge in [-0.3, -0.25) is 0 Å². The fourth-order valence-electron chi connectivity index (χ4n) is 2.46. The molecule has 114 valence electrons. The number of hydrogen-bond donors (Lipinski definition) is 1. The van der Waals surface area contributed by atoms with Gasteiger partial charge in [0.25, 0.3) is 0 Å². The Bertz CT molecular complexity index is 401. The molecule has 1 saturated carbocycles. The van der Waals surface area contributed by atoms with Crippen molar-refractivity contribution in [1.29, 1.82) is 0 Å². The van der Waals surface area contributed by atoms with Crippen molar-refractivity contribution in [2.75, 3.05) is 13.2 Å². The largest absolute Gasteiger partial charge is 0.371 e. The Balaban J connectivity index is 2.09. The zero-order valence-electron chi connectivity index (χ0n) is 13.1. The van der Waals surface area contributed by atoms with Gasteiger partial charge in [-0.15, -0.1) is 11.3 Å². The molecule has 0 radical (unpaired) electrons. The minimum Gasteiger partial charge on any atom is -0.371 e. The van der Waals surface area contributed by atoms with E-state index in [0.29, 0.717) is 5.92 Å². The molecule has 3 nitrogen and oxygen atoms in total. The second kappa shape index (κ2) is 8.11. The van der Waals surface area contributed by atoms with Gasteiger partial charge < -0.3 is 10.1 Å². The molecule has 4 heteroatoms. The summed E-state index contributed by atoms with van der Waals surface area (Å²) in [5.41, 5.74) is 1.29. The lowest BCUT2D eigenvalue weighted by Crippen LogP contribution is -2.13. The van der Waals surface area contributed by atoms with E-state index in [2.05, 4.69) is 26.1 Å². The molecule has 1 atom stereocenters. The summed E-state index contributed by atoms with van der Waals surface area (Å²) in [6.45, 7) is 9.34. The van der Waals surface area contributed by atoms with Crippen LogP contribution in [-0.4, -0.2) is 18.1 Å². The van der Waals surface area contributed by atoms with Crippen LogP contribution >= 0.6 is 11.3 Å². The van der Waals surface area contributed by atoms with Crippen LogP contribution in [0, 0.1) is 5.92 Å². The molecule has 1 aromatic rings. The third kappa shape index (κ3) is 4.27. The topological polar surface area (TPSA) is 34.1 Å². The van der Waals surface area contributed by atoms with Gasteiger partial charge in [-0.25, -0.2) is 4.98 Å². The number of rotatable bonds is 10. The van der Waals surface area contributed by atoms with Gasteiger partial charge in [0.15, 0.2) is 0 Å². The van der Waals surface area contributed by atoms with E-state index < -0.39 is 0 Å². The Hall–Kier alpha value is -0.450. The van der Waals surface area contributed by atoms with Crippen molar-refractivity contribution >= 4 is 11.3 Å². The van der Waals surface area contributed by atoms with Crippen molar-refractivity contribution in [1.82, 2.24) is 10.3 Å². The van der Waals surface area contributed by atoms with Gasteiger partial charge in [0.2, 0.25) is 0 Å². The quantitative estimate of drug-likeness (QED) is 0.661. The normalized spacial score (nSPS) is 16.6. The van der Waals surface area contributed by atoms with E-state index >= 15 is 0 Å². The summed E-state index contributed by atoms with van der Waals surface area (Å²) in [4.78, 5) is 6.33. The molecule has 0 amide bonds.